The lowest BCUT2D eigenvalue weighted by molar-refractivity contribution is 0.132. The number of benzene rings is 1. The summed E-state index contributed by atoms with van der Waals surface area (Å²) in [6, 6.07) is 5.54. The van der Waals surface area contributed by atoms with Crippen LogP contribution >= 0.6 is 11.3 Å². The molecule has 4 N–H and O–H groups in total. The van der Waals surface area contributed by atoms with Crippen LogP contribution in [0, 0.1) is 5.41 Å². The SMILES string of the molecule is COc1cccc(OC)c1CNC(=N)Nc1nc(C2CCN(C(=O)O)CC2)cs1. The van der Waals surface area contributed by atoms with E-state index in [0.29, 0.717) is 36.3 Å². The second-order valence-electron chi connectivity index (χ2n) is 6.62. The number of nitrogens with zero attached hydrogens (tertiary/aromatic N) is 2. The Hall–Kier alpha value is -3.01. The number of anilines is 1. The molecule has 1 aromatic heterocycles. The fourth-order valence-electron chi connectivity index (χ4n) is 3.33. The Morgan fingerprint density at radius 1 is 1.31 bits per heavy atom. The number of nitrogens with one attached hydrogen (secondary N) is 3. The monoisotopic (exact) mass is 419 g/mol. The first-order chi connectivity index (χ1) is 14.0. The molecule has 29 heavy (non-hydrogen) atoms. The van der Waals surface area contributed by atoms with Gasteiger partial charge in [0.25, 0.3) is 0 Å². The van der Waals surface area contributed by atoms with Crippen molar-refractivity contribution in [3.8, 4) is 11.5 Å². The lowest BCUT2D eigenvalue weighted by atomic mass is 9.94. The molecule has 1 fully saturated rings. The number of thiazole rings is 1. The minimum atomic E-state index is -0.865. The molecular weight excluding hydrogens is 394 g/mol. The number of hydrogen-bond donors (Lipinski definition) is 4. The summed E-state index contributed by atoms with van der Waals surface area (Å²) in [5, 5.41) is 25.8. The van der Waals surface area contributed by atoms with Gasteiger partial charge in [0.2, 0.25) is 0 Å². The van der Waals surface area contributed by atoms with Crippen molar-refractivity contribution in [2.24, 2.45) is 0 Å². The van der Waals surface area contributed by atoms with E-state index in [0.717, 1.165) is 24.1 Å². The van der Waals surface area contributed by atoms with E-state index >= 15 is 0 Å². The van der Waals surface area contributed by atoms with E-state index in [1.54, 1.807) is 14.2 Å². The van der Waals surface area contributed by atoms with Crippen molar-refractivity contribution in [2.45, 2.75) is 25.3 Å². The van der Waals surface area contributed by atoms with Gasteiger partial charge in [-0.25, -0.2) is 9.78 Å². The molecule has 1 aromatic carbocycles. The van der Waals surface area contributed by atoms with Gasteiger partial charge in [-0.2, -0.15) is 0 Å². The average Bonchev–Trinajstić information content (AvgIpc) is 3.20. The predicted molar refractivity (Wildman–Crippen MR) is 111 cm³/mol. The van der Waals surface area contributed by atoms with Gasteiger partial charge in [0.1, 0.15) is 11.5 Å². The number of rotatable bonds is 6. The van der Waals surface area contributed by atoms with Crippen LogP contribution < -0.4 is 20.1 Å². The van der Waals surface area contributed by atoms with Gasteiger partial charge >= 0.3 is 6.09 Å². The van der Waals surface area contributed by atoms with Gasteiger partial charge in [-0.3, -0.25) is 5.41 Å². The Morgan fingerprint density at radius 3 is 2.55 bits per heavy atom. The highest BCUT2D eigenvalue weighted by molar-refractivity contribution is 7.13. The summed E-state index contributed by atoms with van der Waals surface area (Å²) < 4.78 is 10.7. The summed E-state index contributed by atoms with van der Waals surface area (Å²) >= 11 is 1.43. The highest BCUT2D eigenvalue weighted by atomic mass is 32.1. The summed E-state index contributed by atoms with van der Waals surface area (Å²) in [7, 11) is 3.19. The average molecular weight is 420 g/mol. The maximum atomic E-state index is 11.0. The molecule has 0 radical (unpaired) electrons. The fourth-order valence-corrected chi connectivity index (χ4v) is 4.12. The van der Waals surface area contributed by atoms with Crippen molar-refractivity contribution >= 4 is 28.5 Å². The number of methoxy groups -OCH3 is 2. The molecule has 0 saturated carbocycles. The Morgan fingerprint density at radius 2 is 1.97 bits per heavy atom. The van der Waals surface area contributed by atoms with E-state index in [1.807, 2.05) is 23.6 Å². The zero-order valence-corrected chi connectivity index (χ0v) is 17.2. The van der Waals surface area contributed by atoms with E-state index in [-0.39, 0.29) is 11.9 Å². The first-order valence-electron chi connectivity index (χ1n) is 9.24. The van der Waals surface area contributed by atoms with Crippen molar-refractivity contribution in [1.82, 2.24) is 15.2 Å². The fraction of sp³-hybridized carbons (Fsp3) is 0.421. The van der Waals surface area contributed by atoms with E-state index in [4.69, 9.17) is 20.0 Å². The van der Waals surface area contributed by atoms with Crippen LogP contribution in [0.3, 0.4) is 0 Å². The van der Waals surface area contributed by atoms with Gasteiger partial charge in [-0.05, 0) is 25.0 Å². The third-order valence-corrected chi connectivity index (χ3v) is 5.69. The van der Waals surface area contributed by atoms with Crippen molar-refractivity contribution in [3.05, 3.63) is 34.8 Å². The third-order valence-electron chi connectivity index (χ3n) is 4.91. The standard InChI is InChI=1S/C19H25N5O4S/c1-27-15-4-3-5-16(28-2)13(15)10-21-17(20)23-18-22-14(11-29-18)12-6-8-24(9-7-12)19(25)26/h3-5,11-12H,6-10H2,1-2H3,(H,25,26)(H3,20,21,22,23). The minimum Gasteiger partial charge on any atom is -0.496 e. The lowest BCUT2D eigenvalue weighted by Gasteiger charge is -2.28. The molecule has 0 spiro atoms. The number of hydrogen-bond acceptors (Lipinski definition) is 6. The number of piperidine rings is 1. The largest absolute Gasteiger partial charge is 0.496 e. The second kappa shape index (κ2) is 9.46. The van der Waals surface area contributed by atoms with E-state index < -0.39 is 6.09 Å². The number of likely N-dealkylation sites (tertiary alicyclic amines) is 1. The normalized spacial score (nSPS) is 14.3. The first-order valence-corrected chi connectivity index (χ1v) is 10.1. The van der Waals surface area contributed by atoms with Crippen LogP contribution in [-0.4, -0.2) is 54.4 Å². The van der Waals surface area contributed by atoms with Crippen molar-refractivity contribution < 1.29 is 19.4 Å². The highest BCUT2D eigenvalue weighted by Crippen LogP contribution is 2.31. The third kappa shape index (κ3) is 5.08. The molecular formula is C19H25N5O4S. The number of guanidine groups is 1. The van der Waals surface area contributed by atoms with Crippen molar-refractivity contribution in [2.75, 3.05) is 32.6 Å². The number of ether oxygens (including phenoxy) is 2. The van der Waals surface area contributed by atoms with E-state index in [9.17, 15) is 4.79 Å². The number of carboxylic acid groups (broad SMARTS) is 1. The summed E-state index contributed by atoms with van der Waals surface area (Å²) in [6.07, 6.45) is 0.660. The first kappa shape index (κ1) is 20.7. The summed E-state index contributed by atoms with van der Waals surface area (Å²) in [5.74, 6) is 1.75. The topological polar surface area (TPSA) is 120 Å². The second-order valence-corrected chi connectivity index (χ2v) is 7.47. The van der Waals surface area contributed by atoms with Gasteiger partial charge in [-0.1, -0.05) is 6.07 Å². The van der Waals surface area contributed by atoms with Gasteiger partial charge in [0.15, 0.2) is 11.1 Å². The van der Waals surface area contributed by atoms with Crippen LogP contribution in [0.25, 0.3) is 0 Å². The van der Waals surface area contributed by atoms with Crippen molar-refractivity contribution in [3.63, 3.8) is 0 Å². The molecule has 2 aromatic rings. The Kier molecular flexibility index (Phi) is 6.76. The number of amides is 1. The van der Waals surface area contributed by atoms with Gasteiger partial charge in [0.05, 0.1) is 32.0 Å². The summed E-state index contributed by atoms with van der Waals surface area (Å²) in [5.41, 5.74) is 1.77. The molecule has 1 aliphatic heterocycles. The molecule has 0 bridgehead atoms. The molecule has 1 amide bonds. The smallest absolute Gasteiger partial charge is 0.407 e. The Bertz CT molecular complexity index is 842. The molecule has 0 atom stereocenters. The van der Waals surface area contributed by atoms with Crippen LogP contribution in [-0.2, 0) is 6.54 Å². The number of carbonyl (C=O) groups is 1. The zero-order chi connectivity index (χ0) is 20.8. The predicted octanol–water partition coefficient (Wildman–Crippen LogP) is 3.15. The maximum absolute atomic E-state index is 11.0. The van der Waals surface area contributed by atoms with Crippen LogP contribution in [0.5, 0.6) is 11.5 Å². The van der Waals surface area contributed by atoms with Gasteiger partial charge in [-0.15, -0.1) is 11.3 Å². The summed E-state index contributed by atoms with van der Waals surface area (Å²) in [6.45, 7) is 1.42. The molecule has 10 heteroatoms. The zero-order valence-electron chi connectivity index (χ0n) is 16.4. The highest BCUT2D eigenvalue weighted by Gasteiger charge is 2.25. The molecule has 1 saturated heterocycles. The molecule has 1 aliphatic rings. The van der Waals surface area contributed by atoms with Crippen LogP contribution in [0.2, 0.25) is 0 Å². The Labute approximate surface area is 173 Å². The Balaban J connectivity index is 1.54. The maximum Gasteiger partial charge on any atom is 0.407 e. The molecule has 0 aliphatic carbocycles. The number of aromatic nitrogens is 1. The molecule has 0 unspecified atom stereocenters. The van der Waals surface area contributed by atoms with Crippen LogP contribution in [0.15, 0.2) is 23.6 Å². The van der Waals surface area contributed by atoms with Gasteiger partial charge < -0.3 is 30.1 Å². The van der Waals surface area contributed by atoms with E-state index in [2.05, 4.69) is 15.6 Å². The molecule has 3 rings (SSSR count). The van der Waals surface area contributed by atoms with Crippen molar-refractivity contribution in [1.29, 1.82) is 5.41 Å². The minimum absolute atomic E-state index is 0.125. The van der Waals surface area contributed by atoms with Crippen LogP contribution in [0.4, 0.5) is 9.93 Å². The molecule has 156 valence electrons. The van der Waals surface area contributed by atoms with E-state index in [1.165, 1.54) is 16.2 Å². The lowest BCUT2D eigenvalue weighted by Crippen LogP contribution is -2.36. The summed E-state index contributed by atoms with van der Waals surface area (Å²) in [4.78, 5) is 17.0. The van der Waals surface area contributed by atoms with Crippen LogP contribution in [0.1, 0.15) is 30.0 Å². The quantitative estimate of drug-likeness (QED) is 0.419. The van der Waals surface area contributed by atoms with Gasteiger partial charge in [0, 0.05) is 24.4 Å². The molecule has 2 heterocycles. The molecule has 9 nitrogen and oxygen atoms in total.